The fourth-order valence-electron chi connectivity index (χ4n) is 1.35. The number of hydrogen-bond donors (Lipinski definition) is 2. The number of hydrogen-bond acceptors (Lipinski definition) is 4. The number of ether oxygens (including phenoxy) is 1. The van der Waals surface area contributed by atoms with Crippen molar-refractivity contribution in [2.45, 2.75) is 32.3 Å². The topological polar surface area (TPSA) is 84.9 Å². The number of carboxylic acid groups (broad SMARTS) is 1. The Morgan fingerprint density at radius 2 is 2.33 bits per heavy atom. The van der Waals surface area contributed by atoms with Gasteiger partial charge in [-0.15, -0.1) is 0 Å². The van der Waals surface area contributed by atoms with Crippen molar-refractivity contribution in [2.24, 2.45) is 10.7 Å². The second kappa shape index (κ2) is 4.33. The monoisotopic (exact) mass is 212 g/mol. The van der Waals surface area contributed by atoms with Crippen LogP contribution in [0.3, 0.4) is 0 Å². The molecule has 0 spiro atoms. The molecular formula is C10H16N2O3. The molecule has 1 aliphatic rings. The van der Waals surface area contributed by atoms with Crippen LogP contribution in [0.2, 0.25) is 0 Å². The lowest BCUT2D eigenvalue weighted by Gasteiger charge is -2.19. The van der Waals surface area contributed by atoms with Gasteiger partial charge in [-0.2, -0.15) is 0 Å². The van der Waals surface area contributed by atoms with Crippen LogP contribution in [0.1, 0.15) is 26.7 Å². The summed E-state index contributed by atoms with van der Waals surface area (Å²) in [4.78, 5) is 14.5. The summed E-state index contributed by atoms with van der Waals surface area (Å²) in [6, 6.07) is 0. The standard InChI is InChI=1S/C10H16N2O3/c1-10(2)7(6-8(11)15-10)12-5-3-4-9(13)14/h6H,3-5,11H2,1-2H3,(H,13,14). The van der Waals surface area contributed by atoms with Gasteiger partial charge in [-0.05, 0) is 20.3 Å². The first-order chi connectivity index (χ1) is 6.92. The first kappa shape index (κ1) is 11.6. The molecule has 15 heavy (non-hydrogen) atoms. The van der Waals surface area contributed by atoms with Gasteiger partial charge >= 0.3 is 5.97 Å². The Balaban J connectivity index is 2.48. The Bertz CT molecular complexity index is 319. The molecule has 0 radical (unpaired) electrons. The lowest BCUT2D eigenvalue weighted by Crippen LogP contribution is -2.29. The molecule has 84 valence electrons. The quantitative estimate of drug-likeness (QED) is 0.678. The highest BCUT2D eigenvalue weighted by molar-refractivity contribution is 6.03. The Kier molecular flexibility index (Phi) is 3.34. The van der Waals surface area contributed by atoms with Crippen LogP contribution in [0.15, 0.2) is 17.0 Å². The summed E-state index contributed by atoms with van der Waals surface area (Å²) in [5.41, 5.74) is 5.79. The molecule has 0 saturated heterocycles. The van der Waals surface area contributed by atoms with E-state index < -0.39 is 11.6 Å². The Morgan fingerprint density at radius 3 is 2.80 bits per heavy atom. The minimum Gasteiger partial charge on any atom is -0.481 e. The highest BCUT2D eigenvalue weighted by Crippen LogP contribution is 2.22. The van der Waals surface area contributed by atoms with Gasteiger partial charge in [0.15, 0.2) is 5.88 Å². The van der Waals surface area contributed by atoms with E-state index in [0.717, 1.165) is 5.71 Å². The maximum Gasteiger partial charge on any atom is 0.303 e. The van der Waals surface area contributed by atoms with Gasteiger partial charge in [-0.3, -0.25) is 9.79 Å². The highest BCUT2D eigenvalue weighted by Gasteiger charge is 2.31. The third-order valence-corrected chi connectivity index (χ3v) is 2.10. The molecule has 1 rings (SSSR count). The van der Waals surface area contributed by atoms with E-state index >= 15 is 0 Å². The summed E-state index contributed by atoms with van der Waals surface area (Å²) in [5.74, 6) is -0.441. The number of carbonyl (C=O) groups is 1. The van der Waals surface area contributed by atoms with E-state index in [1.165, 1.54) is 0 Å². The molecule has 0 amide bonds. The molecule has 1 heterocycles. The van der Waals surface area contributed by atoms with E-state index in [4.69, 9.17) is 15.6 Å². The second-order valence-electron chi connectivity index (χ2n) is 3.92. The van der Waals surface area contributed by atoms with Crippen molar-refractivity contribution < 1.29 is 14.6 Å². The summed E-state index contributed by atoms with van der Waals surface area (Å²) in [6.45, 7) is 4.23. The number of carboxylic acids is 1. The highest BCUT2D eigenvalue weighted by atomic mass is 16.5. The molecule has 5 heteroatoms. The van der Waals surface area contributed by atoms with E-state index in [2.05, 4.69) is 4.99 Å². The van der Waals surface area contributed by atoms with Gasteiger partial charge in [0.25, 0.3) is 0 Å². The molecule has 5 nitrogen and oxygen atoms in total. The van der Waals surface area contributed by atoms with Crippen LogP contribution in [-0.4, -0.2) is 28.9 Å². The van der Waals surface area contributed by atoms with Crippen molar-refractivity contribution in [1.29, 1.82) is 0 Å². The summed E-state index contributed by atoms with van der Waals surface area (Å²) in [7, 11) is 0. The van der Waals surface area contributed by atoms with Crippen LogP contribution in [-0.2, 0) is 9.53 Å². The average molecular weight is 212 g/mol. The zero-order valence-electron chi connectivity index (χ0n) is 8.99. The van der Waals surface area contributed by atoms with E-state index in [-0.39, 0.29) is 6.42 Å². The van der Waals surface area contributed by atoms with Gasteiger partial charge in [-0.1, -0.05) is 0 Å². The Hall–Kier alpha value is -1.52. The fourth-order valence-corrected chi connectivity index (χ4v) is 1.35. The van der Waals surface area contributed by atoms with Gasteiger partial charge in [-0.25, -0.2) is 0 Å². The number of nitrogens with two attached hydrogens (primary N) is 1. The van der Waals surface area contributed by atoms with Gasteiger partial charge in [0.05, 0.1) is 5.71 Å². The molecule has 1 aliphatic heterocycles. The van der Waals surface area contributed by atoms with Gasteiger partial charge in [0.1, 0.15) is 5.60 Å². The molecule has 0 aromatic rings. The molecule has 0 aromatic carbocycles. The fraction of sp³-hybridized carbons (Fsp3) is 0.600. The molecule has 0 bridgehead atoms. The van der Waals surface area contributed by atoms with E-state index in [1.54, 1.807) is 6.08 Å². The zero-order chi connectivity index (χ0) is 11.5. The van der Waals surface area contributed by atoms with Crippen LogP contribution < -0.4 is 5.73 Å². The van der Waals surface area contributed by atoms with E-state index in [1.807, 2.05) is 13.8 Å². The molecule has 0 fully saturated rings. The number of aliphatic carboxylic acids is 1. The van der Waals surface area contributed by atoms with Crippen molar-refractivity contribution >= 4 is 11.7 Å². The third-order valence-electron chi connectivity index (χ3n) is 2.10. The van der Waals surface area contributed by atoms with Crippen LogP contribution in [0.4, 0.5) is 0 Å². The van der Waals surface area contributed by atoms with Gasteiger partial charge in [0, 0.05) is 19.0 Å². The van der Waals surface area contributed by atoms with Crippen molar-refractivity contribution in [3.8, 4) is 0 Å². The zero-order valence-corrected chi connectivity index (χ0v) is 8.99. The second-order valence-corrected chi connectivity index (χ2v) is 3.92. The smallest absolute Gasteiger partial charge is 0.303 e. The SMILES string of the molecule is CC1(C)OC(N)=CC1=NCCCC(=O)O. The molecule has 0 aromatic heterocycles. The molecule has 3 N–H and O–H groups in total. The summed E-state index contributed by atoms with van der Waals surface area (Å²) in [5, 5.41) is 8.45. The van der Waals surface area contributed by atoms with Crippen LogP contribution in [0, 0.1) is 0 Å². The first-order valence-corrected chi connectivity index (χ1v) is 4.85. The minimum absolute atomic E-state index is 0.136. The number of aliphatic imine (C=N–C) groups is 1. The third kappa shape index (κ3) is 3.27. The molecule has 0 saturated carbocycles. The normalized spacial score (nSPS) is 21.2. The van der Waals surface area contributed by atoms with Crippen LogP contribution >= 0.6 is 0 Å². The largest absolute Gasteiger partial charge is 0.481 e. The van der Waals surface area contributed by atoms with Gasteiger partial charge < -0.3 is 15.6 Å². The summed E-state index contributed by atoms with van der Waals surface area (Å²) >= 11 is 0. The molecule has 0 atom stereocenters. The number of nitrogens with zero attached hydrogens (tertiary/aromatic N) is 1. The Morgan fingerprint density at radius 1 is 1.67 bits per heavy atom. The first-order valence-electron chi connectivity index (χ1n) is 4.85. The van der Waals surface area contributed by atoms with Crippen molar-refractivity contribution in [3.63, 3.8) is 0 Å². The summed E-state index contributed by atoms with van der Waals surface area (Å²) < 4.78 is 5.33. The molecule has 0 aliphatic carbocycles. The lowest BCUT2D eigenvalue weighted by molar-refractivity contribution is -0.137. The van der Waals surface area contributed by atoms with E-state index in [9.17, 15) is 4.79 Å². The average Bonchev–Trinajstić information content (AvgIpc) is 2.33. The lowest BCUT2D eigenvalue weighted by atomic mass is 10.0. The van der Waals surface area contributed by atoms with Crippen molar-refractivity contribution in [1.82, 2.24) is 0 Å². The Labute approximate surface area is 88.6 Å². The van der Waals surface area contributed by atoms with Crippen LogP contribution in [0.5, 0.6) is 0 Å². The maximum atomic E-state index is 10.3. The van der Waals surface area contributed by atoms with Gasteiger partial charge in [0.2, 0.25) is 0 Å². The number of rotatable bonds is 4. The van der Waals surface area contributed by atoms with Crippen molar-refractivity contribution in [3.05, 3.63) is 12.0 Å². The molecule has 0 unspecified atom stereocenters. The predicted molar refractivity (Wildman–Crippen MR) is 56.6 cm³/mol. The predicted octanol–water partition coefficient (Wildman–Crippen LogP) is 0.901. The minimum atomic E-state index is -0.799. The van der Waals surface area contributed by atoms with Crippen LogP contribution in [0.25, 0.3) is 0 Å². The molecular weight excluding hydrogens is 196 g/mol. The maximum absolute atomic E-state index is 10.3. The van der Waals surface area contributed by atoms with E-state index in [0.29, 0.717) is 18.8 Å². The van der Waals surface area contributed by atoms with Crippen molar-refractivity contribution in [2.75, 3.05) is 6.54 Å². The summed E-state index contributed by atoms with van der Waals surface area (Å²) in [6.07, 6.45) is 2.35.